The molecule has 0 aromatic rings. The second kappa shape index (κ2) is 15.7. The molecule has 0 aromatic heterocycles. The second-order valence-corrected chi connectivity index (χ2v) is 16.3. The van der Waals surface area contributed by atoms with Gasteiger partial charge in [0.25, 0.3) is 0 Å². The van der Waals surface area contributed by atoms with Crippen molar-refractivity contribution < 1.29 is 39.6 Å². The number of rotatable bonds is 12. The Bertz CT molecular complexity index is 1170. The van der Waals surface area contributed by atoms with Crippen LogP contribution in [0, 0.1) is 47.3 Å². The average molecular weight is 677 g/mol. The van der Waals surface area contributed by atoms with Crippen LogP contribution >= 0.6 is 0 Å². The van der Waals surface area contributed by atoms with E-state index in [1.807, 2.05) is 0 Å². The normalized spacial score (nSPS) is 44.1. The van der Waals surface area contributed by atoms with Crippen LogP contribution in [0.2, 0.25) is 0 Å². The Labute approximate surface area is 285 Å². The van der Waals surface area contributed by atoms with Crippen molar-refractivity contribution in [3.63, 3.8) is 0 Å². The first-order chi connectivity index (χ1) is 22.7. The maximum absolute atomic E-state index is 11.7. The van der Waals surface area contributed by atoms with Gasteiger partial charge in [0.2, 0.25) is 0 Å². The number of hydrogen-bond acceptors (Lipinski definition) is 8. The van der Waals surface area contributed by atoms with E-state index < -0.39 is 23.9 Å². The number of carboxylic acid groups (broad SMARTS) is 4. The Balaban J connectivity index is 1.48. The Kier molecular flexibility index (Phi) is 12.1. The molecule has 5 heterocycles. The van der Waals surface area contributed by atoms with E-state index in [2.05, 4.69) is 49.0 Å². The molecule has 12 heteroatoms. The molecular formula is C36H60N4O8. The first-order valence-corrected chi connectivity index (χ1v) is 18.6. The third kappa shape index (κ3) is 8.36. The predicted octanol–water partition coefficient (Wildman–Crippen LogP) is 3.39. The monoisotopic (exact) mass is 676 g/mol. The maximum atomic E-state index is 11.7. The summed E-state index contributed by atoms with van der Waals surface area (Å²) < 4.78 is 0. The summed E-state index contributed by atoms with van der Waals surface area (Å²) in [6, 6.07) is 1.12. The van der Waals surface area contributed by atoms with Crippen LogP contribution < -0.4 is 21.3 Å². The summed E-state index contributed by atoms with van der Waals surface area (Å²) in [7, 11) is 0. The van der Waals surface area contributed by atoms with E-state index in [-0.39, 0.29) is 121 Å². The Hall–Kier alpha value is -2.28. The molecular weight excluding hydrogens is 616 g/mol. The van der Waals surface area contributed by atoms with Gasteiger partial charge in [0, 0.05) is 74.0 Å². The molecule has 5 saturated heterocycles. The van der Waals surface area contributed by atoms with Crippen LogP contribution in [-0.4, -0.2) is 92.6 Å². The first-order valence-electron chi connectivity index (χ1n) is 18.6. The van der Waals surface area contributed by atoms with E-state index in [1.54, 1.807) is 0 Å². The van der Waals surface area contributed by atoms with Gasteiger partial charge in [-0.05, 0) is 98.7 Å². The fraction of sp³-hybridized carbons (Fsp3) is 0.889. The molecule has 16 atom stereocenters. The van der Waals surface area contributed by atoms with Crippen LogP contribution in [0.1, 0.15) is 105 Å². The zero-order chi connectivity index (χ0) is 34.9. The van der Waals surface area contributed by atoms with Crippen molar-refractivity contribution in [3.05, 3.63) is 0 Å². The van der Waals surface area contributed by atoms with E-state index in [9.17, 15) is 39.6 Å². The van der Waals surface area contributed by atoms with Crippen LogP contribution in [0.4, 0.5) is 0 Å². The lowest BCUT2D eigenvalue weighted by atomic mass is 9.76. The highest BCUT2D eigenvalue weighted by Crippen LogP contribution is 2.45. The lowest BCUT2D eigenvalue weighted by molar-refractivity contribution is -0.138. The van der Waals surface area contributed by atoms with Gasteiger partial charge >= 0.3 is 23.9 Å². The molecule has 0 radical (unpaired) electrons. The van der Waals surface area contributed by atoms with Gasteiger partial charge in [0.15, 0.2) is 0 Å². The lowest BCUT2D eigenvalue weighted by Gasteiger charge is -2.28. The van der Waals surface area contributed by atoms with Gasteiger partial charge in [-0.2, -0.15) is 0 Å². The lowest BCUT2D eigenvalue weighted by Crippen LogP contribution is -2.45. The molecule has 16 unspecified atom stereocenters. The third-order valence-electron chi connectivity index (χ3n) is 13.8. The summed E-state index contributed by atoms with van der Waals surface area (Å²) in [4.78, 5) is 46.8. The summed E-state index contributed by atoms with van der Waals surface area (Å²) in [6.07, 6.45) is 6.18. The predicted molar refractivity (Wildman–Crippen MR) is 179 cm³/mol. The highest BCUT2D eigenvalue weighted by atomic mass is 16.4. The van der Waals surface area contributed by atoms with E-state index in [4.69, 9.17) is 0 Å². The number of carbonyl (C=O) groups is 4. The largest absolute Gasteiger partial charge is 0.481 e. The second-order valence-electron chi connectivity index (χ2n) is 16.3. The van der Waals surface area contributed by atoms with E-state index >= 15 is 0 Å². The summed E-state index contributed by atoms with van der Waals surface area (Å²) in [5.41, 5.74) is 0. The minimum absolute atomic E-state index is 0.0911. The average Bonchev–Trinajstić information content (AvgIpc) is 3.66. The number of aliphatic carboxylic acids is 4. The zero-order valence-corrected chi connectivity index (χ0v) is 29.1. The van der Waals surface area contributed by atoms with Crippen molar-refractivity contribution in [2.24, 2.45) is 47.3 Å². The molecule has 5 aliphatic rings. The molecule has 48 heavy (non-hydrogen) atoms. The van der Waals surface area contributed by atoms with Gasteiger partial charge < -0.3 is 41.7 Å². The molecule has 5 aliphatic heterocycles. The third-order valence-corrected chi connectivity index (χ3v) is 13.8. The number of nitrogens with one attached hydrogen (secondary N) is 4. The highest BCUT2D eigenvalue weighted by molar-refractivity contribution is 5.67. The number of carboxylic acids is 4. The summed E-state index contributed by atoms with van der Waals surface area (Å²) in [6.45, 7) is 8.96. The SMILES string of the molecule is CC1C2CC3NC(CC4NC(CC5NC(CC(N2)C1CCC(=O)O)C(C)C5CCC(=O)O)C(C)C4CCC(=O)O)C(CCC(=O)O)C3C. The standard InChI is InChI=1S/C36H60N4O8/c1-17-21(5-9-33(41)42)29-14-27-19(3)22(6-10-34(43)44)30(39-27)15-28-20(4)24(8-12-36(47)48)32(40-28)16-31-23(7-11-35(45)46)18(2)26(38-31)13-25(17)37-29/h17-32,37-40H,5-16H2,1-4H3,(H,41,42)(H,43,44)(H,45,46)(H,47,48). The summed E-state index contributed by atoms with van der Waals surface area (Å²) >= 11 is 0. The van der Waals surface area contributed by atoms with Crippen molar-refractivity contribution in [1.82, 2.24) is 21.3 Å². The van der Waals surface area contributed by atoms with Crippen LogP contribution in [0.15, 0.2) is 0 Å². The quantitative estimate of drug-likeness (QED) is 0.150. The number of fused-ring (bicyclic) bond motifs is 8. The topological polar surface area (TPSA) is 197 Å². The van der Waals surface area contributed by atoms with Gasteiger partial charge in [0.1, 0.15) is 0 Å². The van der Waals surface area contributed by atoms with Crippen molar-refractivity contribution in [3.8, 4) is 0 Å². The summed E-state index contributed by atoms with van der Waals surface area (Å²) in [5.74, 6) is -1.43. The fourth-order valence-corrected chi connectivity index (χ4v) is 11.1. The van der Waals surface area contributed by atoms with Gasteiger partial charge in [-0.25, -0.2) is 0 Å². The minimum Gasteiger partial charge on any atom is -0.481 e. The molecule has 0 aliphatic carbocycles. The molecule has 8 N–H and O–H groups in total. The van der Waals surface area contributed by atoms with E-state index in [1.165, 1.54) is 0 Å². The molecule has 12 nitrogen and oxygen atoms in total. The van der Waals surface area contributed by atoms with Gasteiger partial charge in [-0.15, -0.1) is 0 Å². The Morgan fingerprint density at radius 1 is 0.396 bits per heavy atom. The molecule has 0 amide bonds. The molecule has 5 rings (SSSR count). The Morgan fingerprint density at radius 2 is 0.583 bits per heavy atom. The van der Waals surface area contributed by atoms with E-state index in [0.717, 1.165) is 25.7 Å². The Morgan fingerprint density at radius 3 is 0.792 bits per heavy atom. The number of hydrogen-bond donors (Lipinski definition) is 8. The molecule has 0 aromatic carbocycles. The zero-order valence-electron chi connectivity index (χ0n) is 29.1. The highest BCUT2D eigenvalue weighted by Gasteiger charge is 2.51. The fourth-order valence-electron chi connectivity index (χ4n) is 11.1. The molecule has 0 saturated carbocycles. The van der Waals surface area contributed by atoms with Gasteiger partial charge in [0.05, 0.1) is 0 Å². The molecule has 272 valence electrons. The van der Waals surface area contributed by atoms with Crippen molar-refractivity contribution >= 4 is 23.9 Å². The van der Waals surface area contributed by atoms with Crippen LogP contribution in [-0.2, 0) is 19.2 Å². The molecule has 0 spiro atoms. The van der Waals surface area contributed by atoms with E-state index in [0.29, 0.717) is 25.7 Å². The van der Waals surface area contributed by atoms with Gasteiger partial charge in [-0.1, -0.05) is 27.7 Å². The molecule has 8 bridgehead atoms. The molecule has 5 fully saturated rings. The summed E-state index contributed by atoms with van der Waals surface area (Å²) in [5, 5.41) is 54.3. The van der Waals surface area contributed by atoms with Gasteiger partial charge in [-0.3, -0.25) is 19.2 Å². The van der Waals surface area contributed by atoms with Crippen molar-refractivity contribution in [2.45, 2.75) is 153 Å². The van der Waals surface area contributed by atoms with Crippen molar-refractivity contribution in [1.29, 1.82) is 0 Å². The maximum Gasteiger partial charge on any atom is 0.303 e. The first kappa shape index (κ1) is 37.0. The smallest absolute Gasteiger partial charge is 0.303 e. The minimum atomic E-state index is -0.795. The van der Waals surface area contributed by atoms with Crippen molar-refractivity contribution in [2.75, 3.05) is 0 Å². The van der Waals surface area contributed by atoms with Crippen LogP contribution in [0.5, 0.6) is 0 Å². The van der Waals surface area contributed by atoms with Crippen LogP contribution in [0.25, 0.3) is 0 Å². The van der Waals surface area contributed by atoms with Crippen LogP contribution in [0.3, 0.4) is 0 Å².